The highest BCUT2D eigenvalue weighted by molar-refractivity contribution is 14.1. The Kier molecular flexibility index (Phi) is 8.26. The van der Waals surface area contributed by atoms with Crippen LogP contribution in [0.4, 0.5) is 0 Å². The first kappa shape index (κ1) is 10.7. The quantitative estimate of drug-likeness (QED) is 0.425. The molecule has 0 radical (unpaired) electrons. The number of hydrogen-bond acceptors (Lipinski definition) is 2. The molecule has 0 heterocycles. The SMILES string of the molecule is CCCNCCC(N)CI. The second-order valence-corrected chi connectivity index (χ2v) is 3.33. The van der Waals surface area contributed by atoms with E-state index in [2.05, 4.69) is 34.8 Å². The Morgan fingerprint density at radius 2 is 2.20 bits per heavy atom. The zero-order valence-electron chi connectivity index (χ0n) is 6.57. The van der Waals surface area contributed by atoms with Crippen LogP contribution in [-0.4, -0.2) is 23.6 Å². The monoisotopic (exact) mass is 256 g/mol. The summed E-state index contributed by atoms with van der Waals surface area (Å²) in [4.78, 5) is 0. The van der Waals surface area contributed by atoms with Crippen molar-refractivity contribution in [3.63, 3.8) is 0 Å². The van der Waals surface area contributed by atoms with Crippen molar-refractivity contribution in [1.82, 2.24) is 5.32 Å². The third-order valence-corrected chi connectivity index (χ3v) is 2.45. The molecule has 10 heavy (non-hydrogen) atoms. The predicted molar refractivity (Wildman–Crippen MR) is 54.6 cm³/mol. The third kappa shape index (κ3) is 6.77. The van der Waals surface area contributed by atoms with Crippen LogP contribution >= 0.6 is 22.6 Å². The van der Waals surface area contributed by atoms with Crippen molar-refractivity contribution in [1.29, 1.82) is 0 Å². The molecule has 0 aromatic heterocycles. The van der Waals surface area contributed by atoms with Crippen LogP contribution in [0.5, 0.6) is 0 Å². The smallest absolute Gasteiger partial charge is 0.0148 e. The zero-order valence-corrected chi connectivity index (χ0v) is 8.73. The number of hydrogen-bond donors (Lipinski definition) is 2. The van der Waals surface area contributed by atoms with Crippen molar-refractivity contribution in [2.24, 2.45) is 5.73 Å². The van der Waals surface area contributed by atoms with Crippen molar-refractivity contribution in [2.75, 3.05) is 17.5 Å². The molecule has 1 unspecified atom stereocenters. The molecule has 1 atom stereocenters. The fourth-order valence-electron chi connectivity index (χ4n) is 0.666. The van der Waals surface area contributed by atoms with E-state index in [0.29, 0.717) is 6.04 Å². The van der Waals surface area contributed by atoms with Gasteiger partial charge in [-0.05, 0) is 25.9 Å². The number of rotatable bonds is 6. The first-order chi connectivity index (χ1) is 4.81. The van der Waals surface area contributed by atoms with E-state index >= 15 is 0 Å². The molecule has 0 amide bonds. The van der Waals surface area contributed by atoms with Crippen molar-refractivity contribution in [3.8, 4) is 0 Å². The van der Waals surface area contributed by atoms with Gasteiger partial charge in [0.25, 0.3) is 0 Å². The molecule has 2 nitrogen and oxygen atoms in total. The minimum absolute atomic E-state index is 0.380. The van der Waals surface area contributed by atoms with E-state index in [1.165, 1.54) is 6.42 Å². The first-order valence-electron chi connectivity index (χ1n) is 3.83. The number of nitrogens with two attached hydrogens (primary N) is 1. The van der Waals surface area contributed by atoms with E-state index in [0.717, 1.165) is 23.9 Å². The maximum absolute atomic E-state index is 5.71. The van der Waals surface area contributed by atoms with Gasteiger partial charge in [-0.1, -0.05) is 29.5 Å². The van der Waals surface area contributed by atoms with Gasteiger partial charge in [0.05, 0.1) is 0 Å². The summed E-state index contributed by atoms with van der Waals surface area (Å²) in [5, 5.41) is 3.32. The van der Waals surface area contributed by atoms with Gasteiger partial charge in [-0.25, -0.2) is 0 Å². The van der Waals surface area contributed by atoms with E-state index in [4.69, 9.17) is 5.73 Å². The van der Waals surface area contributed by atoms with Gasteiger partial charge >= 0.3 is 0 Å². The summed E-state index contributed by atoms with van der Waals surface area (Å²) in [6.07, 6.45) is 2.31. The molecule has 0 saturated carbocycles. The molecule has 0 aliphatic heterocycles. The average molecular weight is 256 g/mol. The zero-order chi connectivity index (χ0) is 7.82. The summed E-state index contributed by atoms with van der Waals surface area (Å²) in [7, 11) is 0. The summed E-state index contributed by atoms with van der Waals surface area (Å²) < 4.78 is 1.06. The molecule has 0 rings (SSSR count). The van der Waals surface area contributed by atoms with Crippen molar-refractivity contribution < 1.29 is 0 Å². The van der Waals surface area contributed by atoms with Gasteiger partial charge in [-0.2, -0.15) is 0 Å². The van der Waals surface area contributed by atoms with E-state index in [9.17, 15) is 0 Å². The van der Waals surface area contributed by atoms with Gasteiger partial charge < -0.3 is 11.1 Å². The molecule has 3 heteroatoms. The standard InChI is InChI=1S/C7H17IN2/c1-2-4-10-5-3-7(9)6-8/h7,10H,2-6,9H2,1H3. The minimum Gasteiger partial charge on any atom is -0.327 e. The van der Waals surface area contributed by atoms with Gasteiger partial charge in [0.2, 0.25) is 0 Å². The molecule has 0 aromatic carbocycles. The molecule has 3 N–H and O–H groups in total. The molecule has 0 fully saturated rings. The van der Waals surface area contributed by atoms with Crippen LogP contribution in [0, 0.1) is 0 Å². The molecule has 0 saturated heterocycles. The lowest BCUT2D eigenvalue weighted by atomic mass is 10.2. The number of nitrogens with one attached hydrogen (secondary N) is 1. The van der Waals surface area contributed by atoms with E-state index in [1.807, 2.05) is 0 Å². The third-order valence-electron chi connectivity index (χ3n) is 1.32. The van der Waals surface area contributed by atoms with Crippen LogP contribution in [-0.2, 0) is 0 Å². The highest BCUT2D eigenvalue weighted by Crippen LogP contribution is 1.91. The lowest BCUT2D eigenvalue weighted by Crippen LogP contribution is -2.27. The molecular weight excluding hydrogens is 239 g/mol. The molecular formula is C7H17IN2. The molecule has 62 valence electrons. The van der Waals surface area contributed by atoms with Crippen LogP contribution in [0.3, 0.4) is 0 Å². The van der Waals surface area contributed by atoms with Gasteiger partial charge in [0, 0.05) is 10.5 Å². The van der Waals surface area contributed by atoms with E-state index in [-0.39, 0.29) is 0 Å². The summed E-state index contributed by atoms with van der Waals surface area (Å²) >= 11 is 2.32. The van der Waals surface area contributed by atoms with Crippen LogP contribution in [0.1, 0.15) is 19.8 Å². The fraction of sp³-hybridized carbons (Fsp3) is 1.00. The Bertz CT molecular complexity index is 68.6. The number of halogens is 1. The van der Waals surface area contributed by atoms with Crippen molar-refractivity contribution in [2.45, 2.75) is 25.8 Å². The molecule has 0 bridgehead atoms. The van der Waals surface area contributed by atoms with Gasteiger partial charge in [-0.15, -0.1) is 0 Å². The Morgan fingerprint density at radius 1 is 1.50 bits per heavy atom. The molecule has 0 spiro atoms. The largest absolute Gasteiger partial charge is 0.327 e. The summed E-state index contributed by atoms with van der Waals surface area (Å²) in [6.45, 7) is 4.36. The minimum atomic E-state index is 0.380. The second-order valence-electron chi connectivity index (χ2n) is 2.45. The summed E-state index contributed by atoms with van der Waals surface area (Å²) in [6, 6.07) is 0.380. The Morgan fingerprint density at radius 3 is 2.70 bits per heavy atom. The maximum atomic E-state index is 5.71. The first-order valence-corrected chi connectivity index (χ1v) is 5.36. The fourth-order valence-corrected chi connectivity index (χ4v) is 1.11. The lowest BCUT2D eigenvalue weighted by molar-refractivity contribution is 0.593. The van der Waals surface area contributed by atoms with Crippen LogP contribution in [0.15, 0.2) is 0 Å². The average Bonchev–Trinajstić information content (AvgIpc) is 1.98. The predicted octanol–water partition coefficient (Wildman–Crippen LogP) is 1.14. The van der Waals surface area contributed by atoms with Crippen LogP contribution in [0.2, 0.25) is 0 Å². The van der Waals surface area contributed by atoms with Gasteiger partial charge in [-0.3, -0.25) is 0 Å². The number of alkyl halides is 1. The summed E-state index contributed by atoms with van der Waals surface area (Å²) in [5.41, 5.74) is 5.71. The molecule has 0 aromatic rings. The topological polar surface area (TPSA) is 38.0 Å². The van der Waals surface area contributed by atoms with Crippen LogP contribution in [0.25, 0.3) is 0 Å². The normalized spacial score (nSPS) is 13.5. The Hall–Kier alpha value is 0.650. The highest BCUT2D eigenvalue weighted by atomic mass is 127. The summed E-state index contributed by atoms with van der Waals surface area (Å²) in [5.74, 6) is 0. The van der Waals surface area contributed by atoms with Gasteiger partial charge in [0.1, 0.15) is 0 Å². The van der Waals surface area contributed by atoms with Gasteiger partial charge in [0.15, 0.2) is 0 Å². The molecule has 0 aliphatic carbocycles. The second kappa shape index (κ2) is 7.75. The molecule has 0 aliphatic rings. The maximum Gasteiger partial charge on any atom is 0.0148 e. The van der Waals surface area contributed by atoms with Crippen molar-refractivity contribution in [3.05, 3.63) is 0 Å². The van der Waals surface area contributed by atoms with Crippen LogP contribution < -0.4 is 11.1 Å². The van der Waals surface area contributed by atoms with Crippen molar-refractivity contribution >= 4 is 22.6 Å². The van der Waals surface area contributed by atoms with E-state index in [1.54, 1.807) is 0 Å². The van der Waals surface area contributed by atoms with E-state index < -0.39 is 0 Å². The lowest BCUT2D eigenvalue weighted by Gasteiger charge is -2.07. The highest BCUT2D eigenvalue weighted by Gasteiger charge is 1.96. The Balaban J connectivity index is 2.89. The Labute approximate surface area is 77.1 Å².